The van der Waals surface area contributed by atoms with Gasteiger partial charge in [-0.2, -0.15) is 0 Å². The summed E-state index contributed by atoms with van der Waals surface area (Å²) in [4.78, 5) is 20.5. The fourth-order valence-electron chi connectivity index (χ4n) is 1.58. The summed E-state index contributed by atoms with van der Waals surface area (Å²) in [6.45, 7) is 0. The lowest BCUT2D eigenvalue weighted by atomic mass is 10.3. The number of hydrogen-bond acceptors (Lipinski definition) is 3. The number of nitrogens with zero attached hydrogens (tertiary/aromatic N) is 1. The molecule has 0 atom stereocenters. The average molecular weight is 243 g/mol. The summed E-state index contributed by atoms with van der Waals surface area (Å²) < 4.78 is 0. The number of thioether (sulfide) groups is 1. The molecule has 1 aliphatic heterocycles. The summed E-state index contributed by atoms with van der Waals surface area (Å²) in [5.74, 6) is 0.590. The van der Waals surface area contributed by atoms with Crippen molar-refractivity contribution in [1.82, 2.24) is 9.97 Å². The molecular weight excluding hydrogens is 234 g/mol. The van der Waals surface area contributed by atoms with Crippen molar-refractivity contribution >= 4 is 29.4 Å². The lowest BCUT2D eigenvalue weighted by molar-refractivity contribution is -0.112. The molecule has 2 aromatic rings. The van der Waals surface area contributed by atoms with Crippen LogP contribution in [-0.2, 0) is 4.79 Å². The van der Waals surface area contributed by atoms with Gasteiger partial charge in [-0.3, -0.25) is 4.79 Å². The second-order valence-corrected chi connectivity index (χ2v) is 4.62. The Morgan fingerprint density at radius 3 is 3.00 bits per heavy atom. The van der Waals surface area contributed by atoms with E-state index in [0.29, 0.717) is 10.7 Å². The number of aromatic amines is 1. The van der Waals surface area contributed by atoms with Crippen LogP contribution in [0.2, 0.25) is 0 Å². The van der Waals surface area contributed by atoms with Gasteiger partial charge in [0.1, 0.15) is 5.82 Å². The van der Waals surface area contributed by atoms with Crippen molar-refractivity contribution in [2.75, 3.05) is 5.32 Å². The van der Waals surface area contributed by atoms with E-state index >= 15 is 0 Å². The van der Waals surface area contributed by atoms with E-state index in [2.05, 4.69) is 15.3 Å². The Labute approximate surface area is 102 Å². The zero-order chi connectivity index (χ0) is 11.7. The molecule has 0 spiro atoms. The second-order valence-electron chi connectivity index (χ2n) is 3.54. The van der Waals surface area contributed by atoms with E-state index in [1.807, 2.05) is 24.3 Å². The number of H-pyrrole nitrogens is 1. The van der Waals surface area contributed by atoms with Crippen molar-refractivity contribution in [3.63, 3.8) is 0 Å². The van der Waals surface area contributed by atoms with Gasteiger partial charge in [0.25, 0.3) is 5.91 Å². The maximum absolute atomic E-state index is 11.8. The van der Waals surface area contributed by atoms with E-state index < -0.39 is 0 Å². The van der Waals surface area contributed by atoms with Crippen LogP contribution in [0.25, 0.3) is 6.08 Å². The average Bonchev–Trinajstić information content (AvgIpc) is 2.83. The van der Waals surface area contributed by atoms with E-state index in [1.54, 1.807) is 18.5 Å². The quantitative estimate of drug-likeness (QED) is 0.756. The maximum atomic E-state index is 11.8. The zero-order valence-corrected chi connectivity index (χ0v) is 9.62. The Hall–Kier alpha value is -2.01. The molecule has 0 aliphatic carbocycles. The number of rotatable bonds is 1. The number of para-hydroxylation sites is 1. The van der Waals surface area contributed by atoms with E-state index in [0.717, 1.165) is 10.6 Å². The molecule has 0 saturated carbocycles. The van der Waals surface area contributed by atoms with Gasteiger partial charge in [0.2, 0.25) is 0 Å². The summed E-state index contributed by atoms with van der Waals surface area (Å²) >= 11 is 1.45. The monoisotopic (exact) mass is 243 g/mol. The van der Waals surface area contributed by atoms with E-state index in [9.17, 15) is 4.79 Å². The topological polar surface area (TPSA) is 57.8 Å². The first kappa shape index (κ1) is 10.2. The highest BCUT2D eigenvalue weighted by molar-refractivity contribution is 8.04. The van der Waals surface area contributed by atoms with Crippen LogP contribution < -0.4 is 5.32 Å². The highest BCUT2D eigenvalue weighted by Crippen LogP contribution is 2.38. The van der Waals surface area contributed by atoms with Gasteiger partial charge < -0.3 is 10.3 Å². The highest BCUT2D eigenvalue weighted by atomic mass is 32.2. The zero-order valence-electron chi connectivity index (χ0n) is 8.81. The largest absolute Gasteiger partial charge is 0.345 e. The van der Waals surface area contributed by atoms with Crippen LogP contribution in [0.15, 0.2) is 46.5 Å². The Kier molecular flexibility index (Phi) is 2.45. The second kappa shape index (κ2) is 4.10. The molecule has 0 unspecified atom stereocenters. The first-order chi connectivity index (χ1) is 8.33. The highest BCUT2D eigenvalue weighted by Gasteiger charge is 2.20. The molecule has 0 bridgehead atoms. The first-order valence-electron chi connectivity index (χ1n) is 5.12. The Morgan fingerprint density at radius 2 is 2.18 bits per heavy atom. The standard InChI is InChI=1S/C12H9N3OS/c16-12-10(7-11-13-5-6-14-11)17-9-4-2-1-3-8(9)15-12/h1-7H,(H,13,14)(H,15,16). The summed E-state index contributed by atoms with van der Waals surface area (Å²) in [6, 6.07) is 7.73. The molecule has 1 aromatic heterocycles. The van der Waals surface area contributed by atoms with Gasteiger partial charge in [-0.1, -0.05) is 23.9 Å². The number of carbonyl (C=O) groups is 1. The normalized spacial score (nSPS) is 16.7. The Balaban J connectivity index is 1.97. The van der Waals surface area contributed by atoms with E-state index in [-0.39, 0.29) is 5.91 Å². The van der Waals surface area contributed by atoms with Crippen LogP contribution in [0.1, 0.15) is 5.82 Å². The van der Waals surface area contributed by atoms with Crippen LogP contribution >= 0.6 is 11.8 Å². The minimum atomic E-state index is -0.0925. The van der Waals surface area contributed by atoms with Crippen molar-refractivity contribution in [3.05, 3.63) is 47.4 Å². The molecule has 17 heavy (non-hydrogen) atoms. The molecule has 2 heterocycles. The van der Waals surface area contributed by atoms with E-state index in [1.165, 1.54) is 11.8 Å². The summed E-state index contributed by atoms with van der Waals surface area (Å²) in [5.41, 5.74) is 0.860. The molecule has 0 saturated heterocycles. The Morgan fingerprint density at radius 1 is 1.29 bits per heavy atom. The molecule has 84 valence electrons. The smallest absolute Gasteiger partial charge is 0.262 e. The third kappa shape index (κ3) is 1.97. The number of amides is 1. The molecule has 0 fully saturated rings. The molecule has 3 rings (SSSR count). The lowest BCUT2D eigenvalue weighted by Crippen LogP contribution is -2.17. The SMILES string of the molecule is O=C1Nc2ccccc2SC1=Cc1ncc[nH]1. The van der Waals surface area contributed by atoms with Crippen molar-refractivity contribution < 1.29 is 4.79 Å². The number of nitrogens with one attached hydrogen (secondary N) is 2. The maximum Gasteiger partial charge on any atom is 0.262 e. The predicted octanol–water partition coefficient (Wildman–Crippen LogP) is 2.50. The van der Waals surface area contributed by atoms with Gasteiger partial charge in [-0.05, 0) is 12.1 Å². The number of imidazole rings is 1. The third-order valence-electron chi connectivity index (χ3n) is 2.37. The van der Waals surface area contributed by atoms with E-state index in [4.69, 9.17) is 0 Å². The number of anilines is 1. The van der Waals surface area contributed by atoms with Gasteiger partial charge in [0.05, 0.1) is 10.6 Å². The molecule has 1 amide bonds. The third-order valence-corrected chi connectivity index (χ3v) is 3.47. The van der Waals surface area contributed by atoms with Gasteiger partial charge in [0, 0.05) is 23.4 Å². The van der Waals surface area contributed by atoms with Gasteiger partial charge >= 0.3 is 0 Å². The van der Waals surface area contributed by atoms with Crippen molar-refractivity contribution in [2.45, 2.75) is 4.90 Å². The number of aromatic nitrogens is 2. The van der Waals surface area contributed by atoms with Gasteiger partial charge in [0.15, 0.2) is 0 Å². The number of carbonyl (C=O) groups excluding carboxylic acids is 1. The molecular formula is C12H9N3OS. The predicted molar refractivity (Wildman–Crippen MR) is 67.5 cm³/mol. The van der Waals surface area contributed by atoms with Crippen molar-refractivity contribution in [3.8, 4) is 0 Å². The van der Waals surface area contributed by atoms with Crippen molar-refractivity contribution in [2.24, 2.45) is 0 Å². The van der Waals surface area contributed by atoms with Gasteiger partial charge in [-0.25, -0.2) is 4.98 Å². The number of benzene rings is 1. The summed E-state index contributed by atoms with van der Waals surface area (Å²) in [5, 5.41) is 2.85. The molecule has 4 nitrogen and oxygen atoms in total. The minimum absolute atomic E-state index is 0.0925. The van der Waals surface area contributed by atoms with Crippen LogP contribution in [0, 0.1) is 0 Å². The van der Waals surface area contributed by atoms with Crippen molar-refractivity contribution in [1.29, 1.82) is 0 Å². The van der Waals surface area contributed by atoms with Crippen LogP contribution in [0.5, 0.6) is 0 Å². The first-order valence-corrected chi connectivity index (χ1v) is 5.94. The van der Waals surface area contributed by atoms with Crippen LogP contribution in [0.3, 0.4) is 0 Å². The van der Waals surface area contributed by atoms with Crippen LogP contribution in [-0.4, -0.2) is 15.9 Å². The molecule has 5 heteroatoms. The van der Waals surface area contributed by atoms with Gasteiger partial charge in [-0.15, -0.1) is 0 Å². The fraction of sp³-hybridized carbons (Fsp3) is 0. The minimum Gasteiger partial charge on any atom is -0.345 e. The number of hydrogen-bond donors (Lipinski definition) is 2. The molecule has 2 N–H and O–H groups in total. The molecule has 1 aliphatic rings. The van der Waals surface area contributed by atoms with Crippen LogP contribution in [0.4, 0.5) is 5.69 Å². The molecule has 1 aromatic carbocycles. The summed E-state index contributed by atoms with van der Waals surface area (Å²) in [6.07, 6.45) is 5.13. The lowest BCUT2D eigenvalue weighted by Gasteiger charge is -2.17. The fourth-order valence-corrected chi connectivity index (χ4v) is 2.51. The number of fused-ring (bicyclic) bond motifs is 1. The summed E-state index contributed by atoms with van der Waals surface area (Å²) in [7, 11) is 0. The Bertz CT molecular complexity index is 590. The molecule has 0 radical (unpaired) electrons.